The Morgan fingerprint density at radius 1 is 0.923 bits per heavy atom. The lowest BCUT2D eigenvalue weighted by molar-refractivity contribution is -0.139. The smallest absolute Gasteiger partial charge is 0.264 e. The molecule has 10 heteroatoms. The van der Waals surface area contributed by atoms with Crippen LogP contribution in [0.1, 0.15) is 38.3 Å². The lowest BCUT2D eigenvalue weighted by atomic mass is 10.1. The SMILES string of the molecule is CC[C@@H](C)NC(=O)[C@H](C)N(Cc1ccccc1C)C(=O)CN(c1cccc(Cl)c1Cl)S(=O)(=O)c1ccccc1. The number of anilines is 1. The average Bonchev–Trinajstić information content (AvgIpc) is 2.92. The molecule has 7 nitrogen and oxygen atoms in total. The van der Waals surface area contributed by atoms with Crippen LogP contribution in [0.5, 0.6) is 0 Å². The summed E-state index contributed by atoms with van der Waals surface area (Å²) in [6.45, 7) is 6.91. The number of benzene rings is 3. The first-order chi connectivity index (χ1) is 18.5. The summed E-state index contributed by atoms with van der Waals surface area (Å²) < 4.78 is 28.6. The van der Waals surface area contributed by atoms with Gasteiger partial charge in [0, 0.05) is 12.6 Å². The van der Waals surface area contributed by atoms with Crippen molar-refractivity contribution in [2.75, 3.05) is 10.8 Å². The molecule has 0 radical (unpaired) electrons. The second-order valence-corrected chi connectivity index (χ2v) is 12.0. The molecule has 3 aromatic rings. The Hall–Kier alpha value is -3.07. The zero-order chi connectivity index (χ0) is 28.7. The summed E-state index contributed by atoms with van der Waals surface area (Å²) in [5, 5.41) is 3.07. The van der Waals surface area contributed by atoms with E-state index in [1.165, 1.54) is 29.2 Å². The second kappa shape index (κ2) is 13.3. The lowest BCUT2D eigenvalue weighted by Crippen LogP contribution is -2.52. The number of nitrogens with one attached hydrogen (secondary N) is 1. The van der Waals surface area contributed by atoms with Crippen LogP contribution in [-0.4, -0.2) is 43.8 Å². The largest absolute Gasteiger partial charge is 0.352 e. The van der Waals surface area contributed by atoms with Gasteiger partial charge in [-0.15, -0.1) is 0 Å². The molecule has 0 unspecified atom stereocenters. The highest BCUT2D eigenvalue weighted by Crippen LogP contribution is 2.35. The van der Waals surface area contributed by atoms with E-state index in [0.29, 0.717) is 0 Å². The number of rotatable bonds is 11. The van der Waals surface area contributed by atoms with Crippen LogP contribution in [0, 0.1) is 6.92 Å². The first kappa shape index (κ1) is 30.5. The van der Waals surface area contributed by atoms with Crippen molar-refractivity contribution in [2.24, 2.45) is 0 Å². The number of nitrogens with zero attached hydrogens (tertiary/aromatic N) is 2. The van der Waals surface area contributed by atoms with Crippen molar-refractivity contribution in [2.45, 2.75) is 57.6 Å². The minimum absolute atomic E-state index is 0.000473. The first-order valence-corrected chi connectivity index (χ1v) is 14.8. The third kappa shape index (κ3) is 7.32. The Morgan fingerprint density at radius 2 is 1.56 bits per heavy atom. The van der Waals surface area contributed by atoms with E-state index < -0.39 is 28.5 Å². The Labute approximate surface area is 240 Å². The highest BCUT2D eigenvalue weighted by molar-refractivity contribution is 7.92. The third-order valence-corrected chi connectivity index (χ3v) is 9.16. The van der Waals surface area contributed by atoms with E-state index in [1.807, 2.05) is 45.0 Å². The molecule has 0 bridgehead atoms. The van der Waals surface area contributed by atoms with Gasteiger partial charge in [0.05, 0.1) is 20.6 Å². The fourth-order valence-corrected chi connectivity index (χ4v) is 5.83. The number of aryl methyl sites for hydroxylation is 1. The van der Waals surface area contributed by atoms with Crippen LogP contribution in [0.4, 0.5) is 5.69 Å². The molecule has 0 aromatic heterocycles. The number of carbonyl (C=O) groups is 2. The number of halogens is 2. The van der Waals surface area contributed by atoms with E-state index in [0.717, 1.165) is 21.9 Å². The molecule has 0 saturated carbocycles. The van der Waals surface area contributed by atoms with Crippen LogP contribution < -0.4 is 9.62 Å². The molecule has 3 rings (SSSR count). The van der Waals surface area contributed by atoms with Crippen LogP contribution in [-0.2, 0) is 26.2 Å². The van der Waals surface area contributed by atoms with Gasteiger partial charge < -0.3 is 10.2 Å². The van der Waals surface area contributed by atoms with Crippen LogP contribution in [0.25, 0.3) is 0 Å². The van der Waals surface area contributed by atoms with Crippen molar-refractivity contribution < 1.29 is 18.0 Å². The predicted molar refractivity (Wildman–Crippen MR) is 157 cm³/mol. The van der Waals surface area contributed by atoms with Crippen LogP contribution in [0.15, 0.2) is 77.7 Å². The number of carbonyl (C=O) groups excluding carboxylic acids is 2. The van der Waals surface area contributed by atoms with E-state index in [2.05, 4.69) is 5.32 Å². The Morgan fingerprint density at radius 3 is 2.21 bits per heavy atom. The average molecular weight is 591 g/mol. The van der Waals surface area contributed by atoms with Crippen LogP contribution in [0.3, 0.4) is 0 Å². The highest BCUT2D eigenvalue weighted by atomic mass is 35.5. The van der Waals surface area contributed by atoms with Gasteiger partial charge >= 0.3 is 0 Å². The monoisotopic (exact) mass is 589 g/mol. The molecule has 1 N–H and O–H groups in total. The molecule has 0 aliphatic carbocycles. The minimum Gasteiger partial charge on any atom is -0.352 e. The molecule has 0 spiro atoms. The normalized spacial score (nSPS) is 12.9. The summed E-state index contributed by atoms with van der Waals surface area (Å²) in [6.07, 6.45) is 0.723. The van der Waals surface area contributed by atoms with Crippen LogP contribution in [0.2, 0.25) is 10.0 Å². The number of hydrogen-bond donors (Lipinski definition) is 1. The maximum absolute atomic E-state index is 14.0. The topological polar surface area (TPSA) is 86.8 Å². The van der Waals surface area contributed by atoms with Gasteiger partial charge in [-0.05, 0) is 62.6 Å². The zero-order valence-corrected chi connectivity index (χ0v) is 24.7. The second-order valence-electron chi connectivity index (χ2n) is 9.34. The van der Waals surface area contributed by atoms with E-state index in [1.54, 1.807) is 31.2 Å². The van der Waals surface area contributed by atoms with Crippen molar-refractivity contribution in [1.29, 1.82) is 0 Å². The van der Waals surface area contributed by atoms with E-state index in [4.69, 9.17) is 23.2 Å². The van der Waals surface area contributed by atoms with Gasteiger partial charge in [-0.25, -0.2) is 8.42 Å². The number of hydrogen-bond acceptors (Lipinski definition) is 4. The molecule has 0 heterocycles. The van der Waals surface area contributed by atoms with Crippen molar-refractivity contribution in [1.82, 2.24) is 10.2 Å². The Kier molecular flexibility index (Phi) is 10.4. The Bertz CT molecular complexity index is 1420. The van der Waals surface area contributed by atoms with Crippen LogP contribution >= 0.6 is 23.2 Å². The maximum atomic E-state index is 14.0. The molecule has 0 aliphatic rings. The summed E-state index contributed by atoms with van der Waals surface area (Å²) in [6, 6.07) is 18.9. The van der Waals surface area contributed by atoms with E-state index >= 15 is 0 Å². The molecule has 39 heavy (non-hydrogen) atoms. The molecule has 2 amide bonds. The highest BCUT2D eigenvalue weighted by Gasteiger charge is 2.34. The predicted octanol–water partition coefficient (Wildman–Crippen LogP) is 5.83. The molecule has 0 aliphatic heterocycles. The first-order valence-electron chi connectivity index (χ1n) is 12.6. The van der Waals surface area contributed by atoms with Gasteiger partial charge in [-0.3, -0.25) is 13.9 Å². The summed E-state index contributed by atoms with van der Waals surface area (Å²) in [4.78, 5) is 28.5. The van der Waals surface area contributed by atoms with Gasteiger partial charge in [-0.2, -0.15) is 0 Å². The number of sulfonamides is 1. The third-order valence-electron chi connectivity index (χ3n) is 6.58. The van der Waals surface area contributed by atoms with E-state index in [9.17, 15) is 18.0 Å². The van der Waals surface area contributed by atoms with Crippen molar-refractivity contribution >= 4 is 50.7 Å². The fraction of sp³-hybridized carbons (Fsp3) is 0.310. The molecule has 2 atom stereocenters. The van der Waals surface area contributed by atoms with Crippen molar-refractivity contribution in [3.63, 3.8) is 0 Å². The molecular weight excluding hydrogens is 557 g/mol. The molecule has 208 valence electrons. The standard InChI is InChI=1S/C29H33Cl2N3O4S/c1-5-21(3)32-29(36)22(4)33(18-23-13-10-9-12-20(23)2)27(35)19-34(26-17-11-16-25(30)28(26)31)39(37,38)24-14-7-6-8-15-24/h6-17,21-22H,5,18-19H2,1-4H3,(H,32,36)/t21-,22+/m1/s1. The van der Waals surface area contributed by atoms with Gasteiger partial charge in [0.1, 0.15) is 12.6 Å². The zero-order valence-electron chi connectivity index (χ0n) is 22.4. The fourth-order valence-electron chi connectivity index (χ4n) is 3.94. The van der Waals surface area contributed by atoms with Gasteiger partial charge in [-0.1, -0.05) is 78.7 Å². The molecule has 0 saturated heterocycles. The van der Waals surface area contributed by atoms with Gasteiger partial charge in [0.15, 0.2) is 0 Å². The summed E-state index contributed by atoms with van der Waals surface area (Å²) >= 11 is 12.7. The van der Waals surface area contributed by atoms with Gasteiger partial charge in [0.2, 0.25) is 11.8 Å². The quantitative estimate of drug-likeness (QED) is 0.305. The summed E-state index contributed by atoms with van der Waals surface area (Å²) in [5.41, 5.74) is 1.85. The molecular formula is C29H33Cl2N3O4S. The summed E-state index contributed by atoms with van der Waals surface area (Å²) in [7, 11) is -4.23. The lowest BCUT2D eigenvalue weighted by Gasteiger charge is -2.33. The molecule has 3 aromatic carbocycles. The number of amides is 2. The van der Waals surface area contributed by atoms with Gasteiger partial charge in [0.25, 0.3) is 10.0 Å². The van der Waals surface area contributed by atoms with Crippen molar-refractivity contribution in [3.8, 4) is 0 Å². The van der Waals surface area contributed by atoms with Crippen molar-refractivity contribution in [3.05, 3.63) is 94.0 Å². The molecule has 0 fully saturated rings. The summed E-state index contributed by atoms with van der Waals surface area (Å²) in [5.74, 6) is -0.898. The minimum atomic E-state index is -4.23. The Balaban J connectivity index is 2.07. The van der Waals surface area contributed by atoms with E-state index in [-0.39, 0.29) is 39.1 Å². The maximum Gasteiger partial charge on any atom is 0.264 e.